The van der Waals surface area contributed by atoms with Crippen molar-refractivity contribution in [2.45, 2.75) is 26.4 Å². The van der Waals surface area contributed by atoms with Crippen molar-refractivity contribution in [1.29, 1.82) is 0 Å². The molecule has 0 radical (unpaired) electrons. The molecule has 4 aromatic rings. The number of ether oxygens (including phenoxy) is 1. The van der Waals surface area contributed by atoms with Crippen LogP contribution >= 0.6 is 0 Å². The summed E-state index contributed by atoms with van der Waals surface area (Å²) in [6.07, 6.45) is 2.13. The van der Waals surface area contributed by atoms with Crippen molar-refractivity contribution in [3.63, 3.8) is 0 Å². The molecule has 1 nitrogen and oxygen atoms in total. The Hall–Kier alpha value is -3.32. The minimum Gasteiger partial charge on any atom is -0.488 e. The third-order valence-corrected chi connectivity index (χ3v) is 5.14. The molecule has 0 bridgehead atoms. The largest absolute Gasteiger partial charge is 0.488 e. The highest BCUT2D eigenvalue weighted by molar-refractivity contribution is 5.84. The van der Waals surface area contributed by atoms with Gasteiger partial charge in [0.15, 0.2) is 0 Å². The van der Waals surface area contributed by atoms with Gasteiger partial charge >= 0.3 is 0 Å². The summed E-state index contributed by atoms with van der Waals surface area (Å²) in [6.45, 7) is 2.78. The molecule has 144 valence electrons. The first-order chi connectivity index (χ1) is 14.4. The van der Waals surface area contributed by atoms with Crippen molar-refractivity contribution in [3.05, 3.63) is 114 Å². The molecule has 0 saturated heterocycles. The zero-order valence-electron chi connectivity index (χ0n) is 16.8. The summed E-state index contributed by atoms with van der Waals surface area (Å²) < 4.78 is 6.55. The van der Waals surface area contributed by atoms with Crippen molar-refractivity contribution in [1.82, 2.24) is 0 Å². The van der Waals surface area contributed by atoms with Gasteiger partial charge in [-0.05, 0) is 28.7 Å². The van der Waals surface area contributed by atoms with Gasteiger partial charge < -0.3 is 4.74 Å². The SMILES string of the molecule is CCCc1ccc(-c2ccccc2)c(OCc2ccccc2)c1-c1ccccc1. The Labute approximate surface area is 173 Å². The lowest BCUT2D eigenvalue weighted by molar-refractivity contribution is 0.308. The number of hydrogen-bond donors (Lipinski definition) is 0. The van der Waals surface area contributed by atoms with E-state index in [0.717, 1.165) is 24.2 Å². The molecule has 0 aliphatic rings. The van der Waals surface area contributed by atoms with Crippen LogP contribution in [-0.4, -0.2) is 0 Å². The molecule has 0 spiro atoms. The Morgan fingerprint density at radius 2 is 1.21 bits per heavy atom. The van der Waals surface area contributed by atoms with E-state index < -0.39 is 0 Å². The van der Waals surface area contributed by atoms with E-state index in [4.69, 9.17) is 4.74 Å². The summed E-state index contributed by atoms with van der Waals surface area (Å²) in [5.74, 6) is 0.970. The highest BCUT2D eigenvalue weighted by Crippen LogP contribution is 2.42. The molecule has 0 aromatic heterocycles. The monoisotopic (exact) mass is 378 g/mol. The lowest BCUT2D eigenvalue weighted by Gasteiger charge is -2.20. The number of rotatable bonds is 7. The van der Waals surface area contributed by atoms with Gasteiger partial charge in [0.05, 0.1) is 0 Å². The van der Waals surface area contributed by atoms with Crippen molar-refractivity contribution in [3.8, 4) is 28.0 Å². The first-order valence-corrected chi connectivity index (χ1v) is 10.3. The van der Waals surface area contributed by atoms with Gasteiger partial charge in [-0.3, -0.25) is 0 Å². The molecule has 0 aliphatic heterocycles. The molecule has 4 aromatic carbocycles. The molecular formula is C28H26O. The molecule has 29 heavy (non-hydrogen) atoms. The van der Waals surface area contributed by atoms with Gasteiger partial charge in [-0.25, -0.2) is 0 Å². The maximum Gasteiger partial charge on any atom is 0.135 e. The summed E-state index contributed by atoms with van der Waals surface area (Å²) in [6, 6.07) is 36.0. The molecule has 0 atom stereocenters. The van der Waals surface area contributed by atoms with E-state index in [-0.39, 0.29) is 0 Å². The van der Waals surface area contributed by atoms with Crippen LogP contribution in [0, 0.1) is 0 Å². The summed E-state index contributed by atoms with van der Waals surface area (Å²) in [7, 11) is 0. The Bertz CT molecular complexity index is 1040. The van der Waals surface area contributed by atoms with Gasteiger partial charge in [-0.15, -0.1) is 0 Å². The van der Waals surface area contributed by atoms with Gasteiger partial charge in [0, 0.05) is 11.1 Å². The van der Waals surface area contributed by atoms with Crippen molar-refractivity contribution >= 4 is 0 Å². The quantitative estimate of drug-likeness (QED) is 0.322. The zero-order valence-corrected chi connectivity index (χ0v) is 16.8. The summed E-state index contributed by atoms with van der Waals surface area (Å²) in [5.41, 5.74) is 7.24. The van der Waals surface area contributed by atoms with Gasteiger partial charge in [-0.1, -0.05) is 116 Å². The van der Waals surface area contributed by atoms with Crippen LogP contribution in [0.4, 0.5) is 0 Å². The fourth-order valence-corrected chi connectivity index (χ4v) is 3.75. The minimum absolute atomic E-state index is 0.552. The van der Waals surface area contributed by atoms with Crippen LogP contribution in [0.5, 0.6) is 5.75 Å². The summed E-state index contributed by atoms with van der Waals surface area (Å²) in [5, 5.41) is 0. The third-order valence-electron chi connectivity index (χ3n) is 5.14. The van der Waals surface area contributed by atoms with Gasteiger partial charge in [0.2, 0.25) is 0 Å². The Morgan fingerprint density at radius 1 is 0.621 bits per heavy atom. The second-order valence-corrected chi connectivity index (χ2v) is 7.23. The first kappa shape index (κ1) is 19.0. The van der Waals surface area contributed by atoms with Crippen LogP contribution in [0.15, 0.2) is 103 Å². The molecule has 0 aliphatic carbocycles. The van der Waals surface area contributed by atoms with E-state index in [2.05, 4.69) is 104 Å². The average Bonchev–Trinajstić information content (AvgIpc) is 2.80. The molecule has 0 saturated carbocycles. The van der Waals surface area contributed by atoms with Crippen molar-refractivity contribution < 1.29 is 4.74 Å². The Kier molecular flexibility index (Phi) is 6.07. The average molecular weight is 379 g/mol. The number of hydrogen-bond acceptors (Lipinski definition) is 1. The predicted octanol–water partition coefficient (Wildman–Crippen LogP) is 7.55. The van der Waals surface area contributed by atoms with E-state index in [1.54, 1.807) is 0 Å². The molecule has 0 amide bonds. The van der Waals surface area contributed by atoms with Crippen molar-refractivity contribution in [2.75, 3.05) is 0 Å². The molecule has 1 heteroatoms. The van der Waals surface area contributed by atoms with E-state index in [1.165, 1.54) is 27.8 Å². The van der Waals surface area contributed by atoms with Crippen molar-refractivity contribution in [2.24, 2.45) is 0 Å². The molecule has 0 unspecified atom stereocenters. The summed E-state index contributed by atoms with van der Waals surface area (Å²) in [4.78, 5) is 0. The van der Waals surface area contributed by atoms with Crippen LogP contribution < -0.4 is 4.74 Å². The second kappa shape index (κ2) is 9.25. The molecule has 4 rings (SSSR count). The lowest BCUT2D eigenvalue weighted by atomic mass is 9.91. The molecule has 0 N–H and O–H groups in total. The van der Waals surface area contributed by atoms with E-state index >= 15 is 0 Å². The fraction of sp³-hybridized carbons (Fsp3) is 0.143. The first-order valence-electron chi connectivity index (χ1n) is 10.3. The minimum atomic E-state index is 0.552. The van der Waals surface area contributed by atoms with Gasteiger partial charge in [0.25, 0.3) is 0 Å². The predicted molar refractivity (Wildman–Crippen MR) is 122 cm³/mol. The van der Waals surface area contributed by atoms with Crippen LogP contribution in [-0.2, 0) is 13.0 Å². The maximum absolute atomic E-state index is 6.55. The Morgan fingerprint density at radius 3 is 1.83 bits per heavy atom. The van der Waals surface area contributed by atoms with E-state index in [0.29, 0.717) is 6.61 Å². The van der Waals surface area contributed by atoms with E-state index in [9.17, 15) is 0 Å². The van der Waals surface area contributed by atoms with Gasteiger partial charge in [0.1, 0.15) is 12.4 Å². The third kappa shape index (κ3) is 4.41. The highest BCUT2D eigenvalue weighted by atomic mass is 16.5. The van der Waals surface area contributed by atoms with E-state index in [1.807, 2.05) is 6.07 Å². The van der Waals surface area contributed by atoms with Crippen LogP contribution in [0.1, 0.15) is 24.5 Å². The zero-order chi connectivity index (χ0) is 19.9. The topological polar surface area (TPSA) is 9.23 Å². The van der Waals surface area contributed by atoms with Crippen LogP contribution in [0.2, 0.25) is 0 Å². The maximum atomic E-state index is 6.55. The van der Waals surface area contributed by atoms with Crippen LogP contribution in [0.3, 0.4) is 0 Å². The van der Waals surface area contributed by atoms with Gasteiger partial charge in [-0.2, -0.15) is 0 Å². The number of aryl methyl sites for hydroxylation is 1. The summed E-state index contributed by atoms with van der Waals surface area (Å²) >= 11 is 0. The smallest absolute Gasteiger partial charge is 0.135 e. The molecule has 0 heterocycles. The molecular weight excluding hydrogens is 352 g/mol. The number of benzene rings is 4. The second-order valence-electron chi connectivity index (χ2n) is 7.23. The van der Waals surface area contributed by atoms with Crippen LogP contribution in [0.25, 0.3) is 22.3 Å². The standard InChI is InChI=1S/C28H26O/c1-2-12-24-19-20-26(23-15-8-4-9-16-23)28(27(24)25-17-10-5-11-18-25)29-21-22-13-6-3-7-14-22/h3-11,13-20H,2,12,21H2,1H3. The Balaban J connectivity index is 1.87. The fourth-order valence-electron chi connectivity index (χ4n) is 3.75. The normalized spacial score (nSPS) is 10.7. The molecule has 0 fully saturated rings. The lowest BCUT2D eigenvalue weighted by Crippen LogP contribution is -2.02. The highest BCUT2D eigenvalue weighted by Gasteiger charge is 2.17.